The van der Waals surface area contributed by atoms with Crippen LogP contribution in [0, 0.1) is 5.41 Å². The predicted molar refractivity (Wildman–Crippen MR) is 112 cm³/mol. The molecule has 5 heteroatoms. The van der Waals surface area contributed by atoms with Crippen LogP contribution in [0.5, 0.6) is 0 Å². The molecule has 2 saturated heterocycles. The topological polar surface area (TPSA) is 37.4 Å². The zero-order valence-electron chi connectivity index (χ0n) is 16.9. The quantitative estimate of drug-likeness (QED) is 0.685. The van der Waals surface area contributed by atoms with E-state index in [1.807, 2.05) is 25.7 Å². The number of hydrogen-bond acceptors (Lipinski definition) is 2. The summed E-state index contributed by atoms with van der Waals surface area (Å²) in [7, 11) is -0.653. The minimum atomic E-state index is -0.742. The van der Waals surface area contributed by atoms with Gasteiger partial charge in [-0.1, -0.05) is 53.7 Å². The second kappa shape index (κ2) is 6.97. The number of carbonyl (C=O) groups excluding carboxylic acids is 1. The molecule has 1 amide bonds. The number of amides is 1. The molecule has 2 aliphatic heterocycles. The third-order valence-electron chi connectivity index (χ3n) is 5.23. The van der Waals surface area contributed by atoms with Gasteiger partial charge < -0.3 is 4.90 Å². The summed E-state index contributed by atoms with van der Waals surface area (Å²) in [6.45, 7) is 14.2. The Balaban J connectivity index is 1.85. The van der Waals surface area contributed by atoms with Crippen molar-refractivity contribution in [3.05, 3.63) is 29.8 Å². The molecule has 1 aromatic rings. The summed E-state index contributed by atoms with van der Waals surface area (Å²) >= 11 is 0. The lowest BCUT2D eigenvalue weighted by Gasteiger charge is -2.42. The Hall–Kier alpha value is -0.810. The van der Waals surface area contributed by atoms with Crippen LogP contribution in [-0.2, 0) is 31.9 Å². The number of benzene rings is 1. The van der Waals surface area contributed by atoms with Gasteiger partial charge >= 0.3 is 0 Å². The van der Waals surface area contributed by atoms with Crippen molar-refractivity contribution < 1.29 is 9.00 Å². The lowest BCUT2D eigenvalue weighted by atomic mass is 9.87. The highest BCUT2D eigenvalue weighted by molar-refractivity contribution is 8.01. The van der Waals surface area contributed by atoms with E-state index in [-0.39, 0.29) is 27.6 Å². The van der Waals surface area contributed by atoms with Crippen molar-refractivity contribution >= 4 is 27.6 Å². The Morgan fingerprint density at radius 3 is 1.92 bits per heavy atom. The summed E-state index contributed by atoms with van der Waals surface area (Å²) in [5.74, 6) is 1.69. The molecule has 0 radical (unpaired) electrons. The number of nitrogens with zero attached hydrogens (tertiary/aromatic N) is 1. The molecule has 2 aliphatic rings. The fourth-order valence-electron chi connectivity index (χ4n) is 3.87. The van der Waals surface area contributed by atoms with Gasteiger partial charge in [0, 0.05) is 27.1 Å². The highest BCUT2D eigenvalue weighted by atomic mass is 32.2. The molecule has 0 aromatic heterocycles. The standard InChI is InChI=1S/C21H32NO2S2/c1-20(2,3)15-7-9-16(10-8-15)26-17-11-22(19(23)21(4,5)6)12-18(26)14-25(24)13-17/h7-10,17-18H,11-14H2,1-6H3/q+1. The van der Waals surface area contributed by atoms with Crippen molar-refractivity contribution in [3.63, 3.8) is 0 Å². The van der Waals surface area contributed by atoms with E-state index in [1.54, 1.807) is 0 Å². The number of carbonyl (C=O) groups is 1. The maximum Gasteiger partial charge on any atom is 0.228 e. The molecule has 144 valence electrons. The van der Waals surface area contributed by atoms with Crippen molar-refractivity contribution in [2.45, 2.75) is 62.4 Å². The Kier molecular flexibility index (Phi) is 5.35. The van der Waals surface area contributed by atoms with Crippen molar-refractivity contribution in [1.29, 1.82) is 0 Å². The second-order valence-electron chi connectivity index (χ2n) is 9.62. The molecule has 2 bridgehead atoms. The average molecular weight is 395 g/mol. The summed E-state index contributed by atoms with van der Waals surface area (Å²) in [4.78, 5) is 16.2. The normalized spacial score (nSPS) is 29.5. The van der Waals surface area contributed by atoms with Gasteiger partial charge in [-0.2, -0.15) is 0 Å². The van der Waals surface area contributed by atoms with Crippen LogP contribution in [0.4, 0.5) is 0 Å². The van der Waals surface area contributed by atoms with Gasteiger partial charge in [-0.3, -0.25) is 9.00 Å². The first-order chi connectivity index (χ1) is 12.0. The number of fused-ring (bicyclic) bond motifs is 2. The lowest BCUT2D eigenvalue weighted by molar-refractivity contribution is -0.139. The molecule has 0 spiro atoms. The minimum Gasteiger partial charge on any atom is -0.332 e. The molecule has 1 aromatic carbocycles. The minimum absolute atomic E-state index is 0.0895. The Morgan fingerprint density at radius 1 is 1.00 bits per heavy atom. The van der Waals surface area contributed by atoms with Gasteiger partial charge in [-0.15, -0.1) is 0 Å². The molecular formula is C21H32NO2S2+. The fourth-order valence-corrected chi connectivity index (χ4v) is 9.58. The third kappa shape index (κ3) is 4.04. The summed E-state index contributed by atoms with van der Waals surface area (Å²) < 4.78 is 12.3. The summed E-state index contributed by atoms with van der Waals surface area (Å²) in [6, 6.07) is 9.06. The molecule has 0 saturated carbocycles. The predicted octanol–water partition coefficient (Wildman–Crippen LogP) is 3.35. The zero-order valence-corrected chi connectivity index (χ0v) is 18.5. The van der Waals surface area contributed by atoms with Gasteiger partial charge in [0.2, 0.25) is 5.91 Å². The van der Waals surface area contributed by atoms with Crippen LogP contribution in [0.1, 0.15) is 47.1 Å². The van der Waals surface area contributed by atoms with Gasteiger partial charge in [-0.05, 0) is 23.1 Å². The van der Waals surface area contributed by atoms with Crippen LogP contribution in [0.15, 0.2) is 29.2 Å². The van der Waals surface area contributed by atoms with Crippen molar-refractivity contribution in [2.75, 3.05) is 24.6 Å². The summed E-state index contributed by atoms with van der Waals surface area (Å²) in [6.07, 6.45) is 0. The maximum absolute atomic E-state index is 12.8. The summed E-state index contributed by atoms with van der Waals surface area (Å²) in [5.41, 5.74) is 1.15. The van der Waals surface area contributed by atoms with Crippen molar-refractivity contribution in [1.82, 2.24) is 4.90 Å². The lowest BCUT2D eigenvalue weighted by Crippen LogP contribution is -2.61. The molecule has 26 heavy (non-hydrogen) atoms. The van der Waals surface area contributed by atoms with Crippen LogP contribution in [0.2, 0.25) is 0 Å². The van der Waals surface area contributed by atoms with Gasteiger partial charge in [0.25, 0.3) is 0 Å². The molecule has 3 rings (SSSR count). The first-order valence-corrected chi connectivity index (χ1v) is 12.3. The van der Waals surface area contributed by atoms with E-state index in [1.165, 1.54) is 10.5 Å². The largest absolute Gasteiger partial charge is 0.332 e. The average Bonchev–Trinajstić information content (AvgIpc) is 2.51. The van der Waals surface area contributed by atoms with Crippen LogP contribution in [-0.4, -0.2) is 50.1 Å². The fraction of sp³-hybridized carbons (Fsp3) is 0.667. The highest BCUT2D eigenvalue weighted by Crippen LogP contribution is 2.36. The smallest absolute Gasteiger partial charge is 0.228 e. The van der Waals surface area contributed by atoms with E-state index >= 15 is 0 Å². The first-order valence-electron chi connectivity index (χ1n) is 9.43. The molecule has 2 unspecified atom stereocenters. The molecule has 2 fully saturated rings. The summed E-state index contributed by atoms with van der Waals surface area (Å²) in [5, 5.41) is 0.658. The molecule has 0 N–H and O–H groups in total. The molecule has 2 heterocycles. The monoisotopic (exact) mass is 394 g/mol. The molecule has 3 nitrogen and oxygen atoms in total. The zero-order chi connectivity index (χ0) is 19.3. The number of rotatable bonds is 1. The molecular weight excluding hydrogens is 362 g/mol. The number of hydrogen-bond donors (Lipinski definition) is 0. The van der Waals surface area contributed by atoms with Crippen molar-refractivity contribution in [2.24, 2.45) is 5.41 Å². The van der Waals surface area contributed by atoms with E-state index in [2.05, 4.69) is 45.0 Å². The van der Waals surface area contributed by atoms with E-state index in [0.29, 0.717) is 10.5 Å². The van der Waals surface area contributed by atoms with Gasteiger partial charge in [0.05, 0.1) is 24.6 Å². The van der Waals surface area contributed by atoms with Crippen LogP contribution in [0.3, 0.4) is 0 Å². The Labute approximate surface area is 163 Å². The first kappa shape index (κ1) is 19.9. The van der Waals surface area contributed by atoms with Gasteiger partial charge in [-0.25, -0.2) is 0 Å². The highest BCUT2D eigenvalue weighted by Gasteiger charge is 2.52. The van der Waals surface area contributed by atoms with E-state index in [9.17, 15) is 9.00 Å². The molecule has 2 atom stereocenters. The maximum atomic E-state index is 12.8. The second-order valence-corrected chi connectivity index (χ2v) is 13.7. The SMILES string of the molecule is CC(C)(C)C(=O)N1CC2CS(=O)CC(C1)[S+]2c1ccc(C(C)(C)C)cc1. The third-order valence-corrected chi connectivity index (χ3v) is 10.1. The molecule has 0 aliphatic carbocycles. The van der Waals surface area contributed by atoms with Crippen molar-refractivity contribution in [3.8, 4) is 0 Å². The van der Waals surface area contributed by atoms with Crippen LogP contribution >= 0.6 is 0 Å². The van der Waals surface area contributed by atoms with Gasteiger partial charge in [0.15, 0.2) is 15.4 Å². The Bertz CT molecular complexity index is 682. The van der Waals surface area contributed by atoms with Crippen LogP contribution < -0.4 is 0 Å². The van der Waals surface area contributed by atoms with E-state index < -0.39 is 10.8 Å². The van der Waals surface area contributed by atoms with E-state index in [0.717, 1.165) is 24.6 Å². The van der Waals surface area contributed by atoms with Crippen LogP contribution in [0.25, 0.3) is 0 Å². The van der Waals surface area contributed by atoms with Gasteiger partial charge in [0.1, 0.15) is 0 Å². The Morgan fingerprint density at radius 2 is 1.50 bits per heavy atom. The van der Waals surface area contributed by atoms with E-state index in [4.69, 9.17) is 0 Å².